The fourth-order valence-electron chi connectivity index (χ4n) is 1.40. The Balaban J connectivity index is 2.11. The zero-order valence-electron chi connectivity index (χ0n) is 7.18. The molecule has 1 aliphatic heterocycles. The van der Waals surface area contributed by atoms with Crippen LogP contribution in [0.3, 0.4) is 0 Å². The monoisotopic (exact) mass is 178 g/mol. The van der Waals surface area contributed by atoms with E-state index in [2.05, 4.69) is 10.1 Å². The maximum atomic E-state index is 8.52. The zero-order valence-corrected chi connectivity index (χ0v) is 7.18. The highest BCUT2D eigenvalue weighted by atomic mass is 16.5. The highest BCUT2D eigenvalue weighted by Crippen LogP contribution is 2.20. The molecule has 1 aromatic rings. The van der Waals surface area contributed by atoms with Crippen molar-refractivity contribution >= 4 is 0 Å². The van der Waals surface area contributed by atoms with Gasteiger partial charge in [0.2, 0.25) is 0 Å². The Bertz CT molecular complexity index is 321. The minimum Gasteiger partial charge on any atom is -0.356 e. The molecule has 2 rings (SSSR count). The van der Waals surface area contributed by atoms with E-state index in [-0.39, 0.29) is 12.1 Å². The molecule has 13 heavy (non-hydrogen) atoms. The van der Waals surface area contributed by atoms with Gasteiger partial charge in [-0.05, 0) is 19.3 Å². The van der Waals surface area contributed by atoms with E-state index in [1.807, 2.05) is 6.07 Å². The van der Waals surface area contributed by atoms with Crippen molar-refractivity contribution in [1.29, 1.82) is 5.26 Å². The normalized spacial score (nSPS) is 22.5. The first kappa shape index (κ1) is 8.20. The first-order chi connectivity index (χ1) is 6.40. The van der Waals surface area contributed by atoms with E-state index in [1.54, 1.807) is 11.0 Å². The van der Waals surface area contributed by atoms with Gasteiger partial charge in [0, 0.05) is 6.61 Å². The lowest BCUT2D eigenvalue weighted by Crippen LogP contribution is -2.18. The van der Waals surface area contributed by atoms with Gasteiger partial charge < -0.3 is 4.74 Å². The molecule has 5 heteroatoms. The summed E-state index contributed by atoms with van der Waals surface area (Å²) in [5.41, 5.74) is 0. The Kier molecular flexibility index (Phi) is 2.23. The Morgan fingerprint density at radius 3 is 3.15 bits per heavy atom. The maximum absolute atomic E-state index is 8.52. The van der Waals surface area contributed by atoms with Gasteiger partial charge in [-0.15, -0.1) is 5.10 Å². The molecule has 68 valence electrons. The lowest BCUT2D eigenvalue weighted by atomic mass is 10.2. The van der Waals surface area contributed by atoms with Gasteiger partial charge in [0.15, 0.2) is 6.23 Å². The molecule has 0 saturated carbocycles. The number of nitriles is 1. The molecule has 1 saturated heterocycles. The molecule has 0 aliphatic carbocycles. The van der Waals surface area contributed by atoms with E-state index in [4.69, 9.17) is 10.00 Å². The highest BCUT2D eigenvalue weighted by Gasteiger charge is 2.16. The smallest absolute Gasteiger partial charge is 0.252 e. The second-order valence-electron chi connectivity index (χ2n) is 2.98. The van der Waals surface area contributed by atoms with E-state index in [0.717, 1.165) is 25.9 Å². The Morgan fingerprint density at radius 2 is 2.54 bits per heavy atom. The van der Waals surface area contributed by atoms with E-state index in [0.29, 0.717) is 0 Å². The van der Waals surface area contributed by atoms with Crippen LogP contribution in [0.25, 0.3) is 0 Å². The lowest BCUT2D eigenvalue weighted by Gasteiger charge is -2.21. The fourth-order valence-corrected chi connectivity index (χ4v) is 1.40. The predicted molar refractivity (Wildman–Crippen MR) is 43.6 cm³/mol. The number of rotatable bonds is 1. The number of hydrogen-bond acceptors (Lipinski definition) is 4. The van der Waals surface area contributed by atoms with E-state index < -0.39 is 0 Å². The number of ether oxygens (including phenoxy) is 1. The minimum absolute atomic E-state index is 0.0247. The van der Waals surface area contributed by atoms with Gasteiger partial charge in [-0.25, -0.2) is 9.67 Å². The third-order valence-electron chi connectivity index (χ3n) is 2.06. The molecular formula is C8H10N4O. The van der Waals surface area contributed by atoms with E-state index >= 15 is 0 Å². The average Bonchev–Trinajstić information content (AvgIpc) is 2.67. The summed E-state index contributed by atoms with van der Waals surface area (Å²) in [7, 11) is 0. The minimum atomic E-state index is -0.0247. The first-order valence-electron chi connectivity index (χ1n) is 4.33. The average molecular weight is 178 g/mol. The van der Waals surface area contributed by atoms with Crippen LogP contribution in [0.5, 0.6) is 0 Å². The summed E-state index contributed by atoms with van der Waals surface area (Å²) >= 11 is 0. The molecule has 0 N–H and O–H groups in total. The quantitative estimate of drug-likeness (QED) is 0.639. The van der Waals surface area contributed by atoms with Crippen molar-refractivity contribution in [2.45, 2.75) is 25.5 Å². The van der Waals surface area contributed by atoms with Crippen molar-refractivity contribution in [3.05, 3.63) is 12.2 Å². The number of aromatic nitrogens is 3. The summed E-state index contributed by atoms with van der Waals surface area (Å²) in [4.78, 5) is 3.82. The summed E-state index contributed by atoms with van der Waals surface area (Å²) < 4.78 is 7.10. The Hall–Kier alpha value is -1.41. The van der Waals surface area contributed by atoms with Gasteiger partial charge >= 0.3 is 0 Å². The maximum Gasteiger partial charge on any atom is 0.252 e. The van der Waals surface area contributed by atoms with Crippen LogP contribution < -0.4 is 0 Å². The van der Waals surface area contributed by atoms with Crippen molar-refractivity contribution in [1.82, 2.24) is 14.8 Å². The summed E-state index contributed by atoms with van der Waals surface area (Å²) in [6, 6.07) is 1.89. The molecule has 0 spiro atoms. The van der Waals surface area contributed by atoms with Crippen LogP contribution in [0.2, 0.25) is 0 Å². The fraction of sp³-hybridized carbons (Fsp3) is 0.625. The number of hydrogen-bond donors (Lipinski definition) is 0. The summed E-state index contributed by atoms with van der Waals surface area (Å²) in [5.74, 6) is 0.203. The van der Waals surface area contributed by atoms with E-state index in [9.17, 15) is 0 Å². The van der Waals surface area contributed by atoms with Crippen LogP contribution in [0.4, 0.5) is 0 Å². The van der Waals surface area contributed by atoms with Crippen LogP contribution in [0.15, 0.2) is 6.33 Å². The van der Waals surface area contributed by atoms with Crippen molar-refractivity contribution < 1.29 is 4.74 Å². The molecule has 1 aromatic heterocycles. The van der Waals surface area contributed by atoms with Gasteiger partial charge in [-0.3, -0.25) is 0 Å². The van der Waals surface area contributed by atoms with Gasteiger partial charge in [-0.1, -0.05) is 0 Å². The molecule has 1 aliphatic rings. The predicted octanol–water partition coefficient (Wildman–Crippen LogP) is 0.849. The van der Waals surface area contributed by atoms with Gasteiger partial charge in [0.05, 0.1) is 0 Å². The third-order valence-corrected chi connectivity index (χ3v) is 2.06. The molecule has 0 radical (unpaired) electrons. The molecule has 0 aromatic carbocycles. The third kappa shape index (κ3) is 1.68. The molecule has 1 unspecified atom stereocenters. The Morgan fingerprint density at radius 1 is 1.62 bits per heavy atom. The second kappa shape index (κ2) is 3.54. The zero-order chi connectivity index (χ0) is 9.10. The van der Waals surface area contributed by atoms with Crippen LogP contribution >= 0.6 is 0 Å². The van der Waals surface area contributed by atoms with Crippen LogP contribution in [-0.2, 0) is 4.74 Å². The first-order valence-corrected chi connectivity index (χ1v) is 4.33. The SMILES string of the molecule is N#Cc1ncn(C2CCCCO2)n1. The molecule has 0 amide bonds. The van der Waals surface area contributed by atoms with Gasteiger partial charge in [0.1, 0.15) is 12.4 Å². The molecule has 1 atom stereocenters. The molecule has 1 fully saturated rings. The topological polar surface area (TPSA) is 63.7 Å². The second-order valence-corrected chi connectivity index (χ2v) is 2.98. The van der Waals surface area contributed by atoms with Gasteiger partial charge in [-0.2, -0.15) is 5.26 Å². The van der Waals surface area contributed by atoms with Crippen molar-refractivity contribution in [3.8, 4) is 6.07 Å². The van der Waals surface area contributed by atoms with Crippen molar-refractivity contribution in [2.24, 2.45) is 0 Å². The Labute approximate surface area is 75.9 Å². The molecular weight excluding hydrogens is 168 g/mol. The number of nitrogens with zero attached hydrogens (tertiary/aromatic N) is 4. The van der Waals surface area contributed by atoms with Crippen LogP contribution in [-0.4, -0.2) is 21.4 Å². The molecule has 0 bridgehead atoms. The summed E-state index contributed by atoms with van der Waals surface area (Å²) in [6.45, 7) is 0.770. The lowest BCUT2D eigenvalue weighted by molar-refractivity contribution is -0.0397. The molecule has 5 nitrogen and oxygen atoms in total. The van der Waals surface area contributed by atoms with Crippen LogP contribution in [0, 0.1) is 11.3 Å². The largest absolute Gasteiger partial charge is 0.356 e. The highest BCUT2D eigenvalue weighted by molar-refractivity contribution is 5.05. The summed E-state index contributed by atoms with van der Waals surface area (Å²) in [5, 5.41) is 12.5. The molecule has 2 heterocycles. The van der Waals surface area contributed by atoms with Crippen molar-refractivity contribution in [2.75, 3.05) is 6.61 Å². The standard InChI is InChI=1S/C8H10N4O/c9-5-7-10-6-12(11-7)8-3-1-2-4-13-8/h6,8H,1-4H2. The van der Waals surface area contributed by atoms with E-state index in [1.165, 1.54) is 0 Å². The van der Waals surface area contributed by atoms with Crippen LogP contribution in [0.1, 0.15) is 31.3 Å². The summed E-state index contributed by atoms with van der Waals surface area (Å²) in [6.07, 6.45) is 4.73. The van der Waals surface area contributed by atoms with Gasteiger partial charge in [0.25, 0.3) is 5.82 Å². The van der Waals surface area contributed by atoms with Crippen molar-refractivity contribution in [3.63, 3.8) is 0 Å².